The summed E-state index contributed by atoms with van der Waals surface area (Å²) in [5.74, 6) is -0.473. The van der Waals surface area contributed by atoms with Crippen molar-refractivity contribution >= 4 is 17.2 Å². The fourth-order valence-electron chi connectivity index (χ4n) is 4.00. The molecule has 0 radical (unpaired) electrons. The Hall–Kier alpha value is -3.58. The van der Waals surface area contributed by atoms with Crippen molar-refractivity contribution in [1.29, 1.82) is 5.26 Å². The average Bonchev–Trinajstić information content (AvgIpc) is 3.25. The van der Waals surface area contributed by atoms with E-state index in [9.17, 15) is 14.3 Å². The van der Waals surface area contributed by atoms with Gasteiger partial charge in [-0.05, 0) is 32.8 Å². The van der Waals surface area contributed by atoms with Crippen molar-refractivity contribution in [3.63, 3.8) is 0 Å². The van der Waals surface area contributed by atoms with Crippen LogP contribution in [0.2, 0.25) is 0 Å². The number of carbonyl (C=O) groups is 1. The fraction of sp³-hybridized carbons (Fsp3) is 0.458. The summed E-state index contributed by atoms with van der Waals surface area (Å²) >= 11 is 0. The van der Waals surface area contributed by atoms with Crippen molar-refractivity contribution in [1.82, 2.24) is 24.9 Å². The van der Waals surface area contributed by atoms with E-state index in [4.69, 9.17) is 5.26 Å². The molecule has 1 atom stereocenters. The first-order valence-corrected chi connectivity index (χ1v) is 11.4. The van der Waals surface area contributed by atoms with E-state index in [1.54, 1.807) is 22.8 Å². The highest BCUT2D eigenvalue weighted by Gasteiger charge is 2.27. The molecule has 0 aromatic carbocycles. The standard InChI is InChI=1S/C24H28FN7O2/c1-24(2,34)21(25)14-29-23(33)17-12-27-19(9-18(17)31-16-6-4-3-5-7-16)20-13-28-22-8-15(10-26)11-30-32(20)22/h8-9,11-13,16,21,34H,3-7,14H2,1-2H3,(H,27,31)(H,29,33). The summed E-state index contributed by atoms with van der Waals surface area (Å²) < 4.78 is 15.8. The summed E-state index contributed by atoms with van der Waals surface area (Å²) in [6.07, 6.45) is 8.34. The second-order valence-electron chi connectivity index (χ2n) is 9.20. The maximum absolute atomic E-state index is 14.2. The molecule has 1 aliphatic rings. The topological polar surface area (TPSA) is 128 Å². The molecule has 1 saturated carbocycles. The van der Waals surface area contributed by atoms with Gasteiger partial charge in [-0.25, -0.2) is 13.9 Å². The molecule has 1 unspecified atom stereocenters. The van der Waals surface area contributed by atoms with E-state index >= 15 is 0 Å². The summed E-state index contributed by atoms with van der Waals surface area (Å²) in [6, 6.07) is 5.67. The van der Waals surface area contributed by atoms with Gasteiger partial charge in [-0.15, -0.1) is 0 Å². The highest BCUT2D eigenvalue weighted by Crippen LogP contribution is 2.28. The number of halogens is 1. The second-order valence-corrected chi connectivity index (χ2v) is 9.20. The highest BCUT2D eigenvalue weighted by molar-refractivity contribution is 6.00. The number of aromatic nitrogens is 4. The minimum atomic E-state index is -1.61. The van der Waals surface area contributed by atoms with Gasteiger partial charge in [0.15, 0.2) is 5.65 Å². The Labute approximate surface area is 197 Å². The van der Waals surface area contributed by atoms with Gasteiger partial charge in [0.2, 0.25) is 0 Å². The molecule has 3 aromatic heterocycles. The molecule has 9 nitrogen and oxygen atoms in total. The third-order valence-corrected chi connectivity index (χ3v) is 6.07. The van der Waals surface area contributed by atoms with Gasteiger partial charge < -0.3 is 15.7 Å². The third-order valence-electron chi connectivity index (χ3n) is 6.07. The van der Waals surface area contributed by atoms with Crippen LogP contribution in [0.1, 0.15) is 61.9 Å². The highest BCUT2D eigenvalue weighted by atomic mass is 19.1. The van der Waals surface area contributed by atoms with Crippen LogP contribution in [0, 0.1) is 11.3 Å². The zero-order valence-electron chi connectivity index (χ0n) is 19.3. The SMILES string of the molecule is CC(C)(O)C(F)CNC(=O)c1cnc(-c2cnc3cc(C#N)cnn23)cc1NC1CCCCC1. The number of nitrogens with zero attached hydrogens (tertiary/aromatic N) is 5. The first-order chi connectivity index (χ1) is 16.3. The van der Waals surface area contributed by atoms with Crippen LogP contribution in [0.3, 0.4) is 0 Å². The average molecular weight is 466 g/mol. The van der Waals surface area contributed by atoms with Gasteiger partial charge in [0, 0.05) is 18.3 Å². The van der Waals surface area contributed by atoms with Crippen LogP contribution in [0.15, 0.2) is 30.7 Å². The van der Waals surface area contributed by atoms with Crippen LogP contribution in [0.5, 0.6) is 0 Å². The molecular formula is C24H28FN7O2. The molecule has 10 heteroatoms. The van der Waals surface area contributed by atoms with E-state index in [1.807, 2.05) is 6.07 Å². The normalized spacial score (nSPS) is 15.6. The molecule has 0 spiro atoms. The molecule has 178 valence electrons. The molecule has 0 bridgehead atoms. The summed E-state index contributed by atoms with van der Waals surface area (Å²) in [5, 5.41) is 29.2. The number of rotatable bonds is 7. The van der Waals surface area contributed by atoms with E-state index in [0.717, 1.165) is 25.7 Å². The van der Waals surface area contributed by atoms with Crippen LogP contribution in [0.4, 0.5) is 10.1 Å². The minimum absolute atomic E-state index is 0.222. The van der Waals surface area contributed by atoms with Gasteiger partial charge in [0.1, 0.15) is 17.9 Å². The summed E-state index contributed by atoms with van der Waals surface area (Å²) in [4.78, 5) is 21.7. The third kappa shape index (κ3) is 5.15. The molecule has 0 aliphatic heterocycles. The number of nitriles is 1. The predicted molar refractivity (Wildman–Crippen MR) is 125 cm³/mol. The van der Waals surface area contributed by atoms with Crippen molar-refractivity contribution < 1.29 is 14.3 Å². The van der Waals surface area contributed by atoms with Gasteiger partial charge >= 0.3 is 0 Å². The number of carbonyl (C=O) groups excluding carboxylic acids is 1. The van der Waals surface area contributed by atoms with Gasteiger partial charge in [0.05, 0.1) is 47.0 Å². The Bertz CT molecular complexity index is 1220. The maximum atomic E-state index is 14.2. The smallest absolute Gasteiger partial charge is 0.255 e. The molecule has 4 rings (SSSR count). The molecule has 0 saturated heterocycles. The second kappa shape index (κ2) is 9.73. The minimum Gasteiger partial charge on any atom is -0.387 e. The number of anilines is 1. The van der Waals surface area contributed by atoms with E-state index in [2.05, 4.69) is 25.7 Å². The van der Waals surface area contributed by atoms with Crippen LogP contribution in [-0.4, -0.2) is 55.0 Å². The zero-order valence-corrected chi connectivity index (χ0v) is 19.3. The van der Waals surface area contributed by atoms with E-state index < -0.39 is 17.7 Å². The van der Waals surface area contributed by atoms with Crippen LogP contribution < -0.4 is 10.6 Å². The summed E-state index contributed by atoms with van der Waals surface area (Å²) in [6.45, 7) is 2.41. The van der Waals surface area contributed by atoms with E-state index in [0.29, 0.717) is 33.8 Å². The van der Waals surface area contributed by atoms with Crippen molar-refractivity contribution in [2.24, 2.45) is 0 Å². The van der Waals surface area contributed by atoms with Gasteiger partial charge in [-0.1, -0.05) is 19.3 Å². The number of aliphatic hydroxyl groups is 1. The number of imidazole rings is 1. The first-order valence-electron chi connectivity index (χ1n) is 11.4. The zero-order chi connectivity index (χ0) is 24.3. The first kappa shape index (κ1) is 23.6. The molecule has 3 aromatic rings. The van der Waals surface area contributed by atoms with Crippen molar-refractivity contribution in [3.05, 3.63) is 41.9 Å². The molecular weight excluding hydrogens is 437 g/mol. The lowest BCUT2D eigenvalue weighted by Gasteiger charge is -2.25. The Morgan fingerprint density at radius 1 is 1.26 bits per heavy atom. The molecule has 1 fully saturated rings. The molecule has 3 N–H and O–H groups in total. The Morgan fingerprint density at radius 2 is 2.03 bits per heavy atom. The molecule has 1 aliphatic carbocycles. The lowest BCUT2D eigenvalue weighted by atomic mass is 9.95. The van der Waals surface area contributed by atoms with Gasteiger partial charge in [-0.2, -0.15) is 10.4 Å². The van der Waals surface area contributed by atoms with Crippen molar-refractivity contribution in [2.45, 2.75) is 63.8 Å². The van der Waals surface area contributed by atoms with Crippen LogP contribution in [-0.2, 0) is 0 Å². The number of hydrogen-bond donors (Lipinski definition) is 3. The Balaban J connectivity index is 1.65. The van der Waals surface area contributed by atoms with Gasteiger partial charge in [0.25, 0.3) is 5.91 Å². The molecule has 34 heavy (non-hydrogen) atoms. The van der Waals surface area contributed by atoms with Gasteiger partial charge in [-0.3, -0.25) is 9.78 Å². The number of alkyl halides is 1. The quantitative estimate of drug-likeness (QED) is 0.489. The molecule has 1 amide bonds. The lowest BCUT2D eigenvalue weighted by molar-refractivity contribution is -0.00177. The van der Waals surface area contributed by atoms with E-state index in [-0.39, 0.29) is 12.6 Å². The predicted octanol–water partition coefficient (Wildman–Crippen LogP) is 3.25. The monoisotopic (exact) mass is 465 g/mol. The lowest BCUT2D eigenvalue weighted by Crippen LogP contribution is -2.42. The van der Waals surface area contributed by atoms with Crippen molar-refractivity contribution in [3.8, 4) is 17.5 Å². The van der Waals surface area contributed by atoms with Crippen molar-refractivity contribution in [2.75, 3.05) is 11.9 Å². The number of pyridine rings is 1. The maximum Gasteiger partial charge on any atom is 0.255 e. The van der Waals surface area contributed by atoms with E-state index in [1.165, 1.54) is 32.7 Å². The number of hydrogen-bond acceptors (Lipinski definition) is 7. The molecule has 3 heterocycles. The fourth-order valence-corrected chi connectivity index (χ4v) is 4.00. The number of amides is 1. The largest absolute Gasteiger partial charge is 0.387 e. The number of fused-ring (bicyclic) bond motifs is 1. The van der Waals surface area contributed by atoms with Crippen LogP contribution >= 0.6 is 0 Å². The Kier molecular flexibility index (Phi) is 6.75. The summed E-state index contributed by atoms with van der Waals surface area (Å²) in [7, 11) is 0. The number of nitrogens with one attached hydrogen (secondary N) is 2. The van der Waals surface area contributed by atoms with Crippen LogP contribution in [0.25, 0.3) is 17.0 Å². The summed E-state index contributed by atoms with van der Waals surface area (Å²) in [5.41, 5.74) is 1.42. The Morgan fingerprint density at radius 3 is 2.74 bits per heavy atom.